The first-order valence-electron chi connectivity index (χ1n) is 8.46. The summed E-state index contributed by atoms with van der Waals surface area (Å²) in [5, 5.41) is 0.935. The molecule has 0 unspecified atom stereocenters. The summed E-state index contributed by atoms with van der Waals surface area (Å²) in [6.45, 7) is 4.41. The second-order valence-electron chi connectivity index (χ2n) is 5.96. The number of hydrogen-bond donors (Lipinski definition) is 0. The Hall–Kier alpha value is -2.60. The molecule has 0 radical (unpaired) electrons. The van der Waals surface area contributed by atoms with Gasteiger partial charge in [0.25, 0.3) is 5.56 Å². The average Bonchev–Trinajstić information content (AvgIpc) is 2.65. The van der Waals surface area contributed by atoms with E-state index in [9.17, 15) is 9.59 Å². The number of rotatable bonds is 5. The van der Waals surface area contributed by atoms with Crippen molar-refractivity contribution < 1.29 is 4.74 Å². The van der Waals surface area contributed by atoms with Crippen LogP contribution in [0.4, 0.5) is 0 Å². The molecule has 2 heterocycles. The summed E-state index contributed by atoms with van der Waals surface area (Å²) < 4.78 is 8.34. The molecule has 0 spiro atoms. The predicted molar refractivity (Wildman–Crippen MR) is 102 cm³/mol. The van der Waals surface area contributed by atoms with Gasteiger partial charge in [-0.25, -0.2) is 9.78 Å². The van der Waals surface area contributed by atoms with Gasteiger partial charge in [0, 0.05) is 23.8 Å². The molecule has 0 amide bonds. The Labute approximate surface area is 155 Å². The van der Waals surface area contributed by atoms with E-state index in [2.05, 4.69) is 4.98 Å². The number of nitrogens with zero attached hydrogens (tertiary/aromatic N) is 3. The first kappa shape index (κ1) is 18.2. The third kappa shape index (κ3) is 3.12. The van der Waals surface area contributed by atoms with Crippen molar-refractivity contribution in [2.24, 2.45) is 7.05 Å². The van der Waals surface area contributed by atoms with Crippen LogP contribution in [0.5, 0.6) is 5.75 Å². The zero-order valence-corrected chi connectivity index (χ0v) is 15.7. The van der Waals surface area contributed by atoms with Gasteiger partial charge < -0.3 is 4.74 Å². The summed E-state index contributed by atoms with van der Waals surface area (Å²) in [6, 6.07) is 7.05. The molecule has 6 nitrogen and oxygen atoms in total. The highest BCUT2D eigenvalue weighted by Crippen LogP contribution is 2.25. The lowest BCUT2D eigenvalue weighted by atomic mass is 10.1. The molecule has 3 rings (SSSR count). The van der Waals surface area contributed by atoms with Crippen LogP contribution >= 0.6 is 11.6 Å². The van der Waals surface area contributed by atoms with Crippen molar-refractivity contribution in [2.45, 2.75) is 26.8 Å². The summed E-state index contributed by atoms with van der Waals surface area (Å²) in [7, 11) is 1.61. The molecule has 0 atom stereocenters. The van der Waals surface area contributed by atoms with E-state index in [1.807, 2.05) is 13.8 Å². The minimum atomic E-state index is -0.420. The molecular formula is C19H20ClN3O3. The molecule has 7 heteroatoms. The van der Waals surface area contributed by atoms with Crippen LogP contribution in [0.3, 0.4) is 0 Å². The van der Waals surface area contributed by atoms with Crippen LogP contribution in [-0.2, 0) is 20.0 Å². The van der Waals surface area contributed by atoms with Gasteiger partial charge in [-0.2, -0.15) is 0 Å². The van der Waals surface area contributed by atoms with Gasteiger partial charge in [0.2, 0.25) is 0 Å². The van der Waals surface area contributed by atoms with Crippen molar-refractivity contribution in [1.29, 1.82) is 0 Å². The summed E-state index contributed by atoms with van der Waals surface area (Å²) in [4.78, 5) is 30.2. The fourth-order valence-corrected chi connectivity index (χ4v) is 3.06. The lowest BCUT2D eigenvalue weighted by Gasteiger charge is -2.15. The average molecular weight is 374 g/mol. The number of halogens is 1. The smallest absolute Gasteiger partial charge is 0.332 e. The van der Waals surface area contributed by atoms with Crippen LogP contribution < -0.4 is 16.0 Å². The Bertz CT molecular complexity index is 1070. The van der Waals surface area contributed by atoms with E-state index in [1.165, 1.54) is 9.13 Å². The second-order valence-corrected chi connectivity index (χ2v) is 6.39. The predicted octanol–water partition coefficient (Wildman–Crippen LogP) is 2.76. The fraction of sp³-hybridized carbons (Fsp3) is 0.316. The maximum atomic E-state index is 13.1. The second kappa shape index (κ2) is 7.33. The van der Waals surface area contributed by atoms with Crippen LogP contribution in [0.2, 0.25) is 5.02 Å². The van der Waals surface area contributed by atoms with Crippen molar-refractivity contribution in [3.63, 3.8) is 0 Å². The van der Waals surface area contributed by atoms with E-state index < -0.39 is 11.2 Å². The maximum absolute atomic E-state index is 13.1. The Morgan fingerprint density at radius 2 is 1.85 bits per heavy atom. The van der Waals surface area contributed by atoms with Crippen molar-refractivity contribution in [1.82, 2.24) is 14.1 Å². The van der Waals surface area contributed by atoms with Gasteiger partial charge in [-0.05, 0) is 31.0 Å². The fourth-order valence-electron chi connectivity index (χ4n) is 2.94. The zero-order chi connectivity index (χ0) is 18.8. The monoisotopic (exact) mass is 373 g/mol. The highest BCUT2D eigenvalue weighted by Gasteiger charge is 2.19. The quantitative estimate of drug-likeness (QED) is 0.689. The molecule has 0 aliphatic rings. The molecule has 0 aliphatic carbocycles. The van der Waals surface area contributed by atoms with Crippen molar-refractivity contribution in [3.05, 3.63) is 67.4 Å². The molecule has 0 N–H and O–H groups in total. The highest BCUT2D eigenvalue weighted by atomic mass is 35.5. The molecule has 0 aliphatic heterocycles. The number of fused-ring (bicyclic) bond motifs is 1. The van der Waals surface area contributed by atoms with Gasteiger partial charge in [-0.15, -0.1) is 0 Å². The molecule has 0 fully saturated rings. The van der Waals surface area contributed by atoms with E-state index in [1.54, 1.807) is 37.5 Å². The Kier molecular flexibility index (Phi) is 5.13. The number of benzene rings is 1. The van der Waals surface area contributed by atoms with Gasteiger partial charge in [0.05, 0.1) is 13.2 Å². The molecule has 136 valence electrons. The Balaban J connectivity index is 2.30. The maximum Gasteiger partial charge on any atom is 0.332 e. The Morgan fingerprint density at radius 3 is 2.46 bits per heavy atom. The van der Waals surface area contributed by atoms with Crippen molar-refractivity contribution in [3.8, 4) is 5.75 Å². The molecule has 2 aromatic heterocycles. The summed E-state index contributed by atoms with van der Waals surface area (Å²) in [5.74, 6) is 0.505. The summed E-state index contributed by atoms with van der Waals surface area (Å²) in [6.07, 6.45) is 2.34. The van der Waals surface area contributed by atoms with Gasteiger partial charge in [0.15, 0.2) is 5.65 Å². The SMILES string of the molecule is CCOc1c(CC)cnc2c1c(=O)n(Cc1ccc(Cl)cc1)c(=O)n2C. The third-order valence-corrected chi connectivity index (χ3v) is 4.56. The van der Waals surface area contributed by atoms with E-state index in [0.717, 1.165) is 11.1 Å². The molecule has 1 aromatic carbocycles. The standard InChI is InChI=1S/C19H20ClN3O3/c1-4-13-10-21-17-15(16(13)26-5-2)18(24)23(19(25)22(17)3)11-12-6-8-14(20)9-7-12/h6-10H,4-5,11H2,1-3H3. The number of aromatic nitrogens is 3. The normalized spacial score (nSPS) is 11.1. The largest absolute Gasteiger partial charge is 0.493 e. The number of ether oxygens (including phenoxy) is 1. The van der Waals surface area contributed by atoms with Crippen LogP contribution in [0, 0.1) is 0 Å². The van der Waals surface area contributed by atoms with Gasteiger partial charge in [-0.1, -0.05) is 30.7 Å². The number of pyridine rings is 1. The minimum Gasteiger partial charge on any atom is -0.493 e. The van der Waals surface area contributed by atoms with Crippen LogP contribution in [0.15, 0.2) is 40.1 Å². The van der Waals surface area contributed by atoms with E-state index in [-0.39, 0.29) is 6.54 Å². The molecule has 26 heavy (non-hydrogen) atoms. The van der Waals surface area contributed by atoms with Crippen LogP contribution in [-0.4, -0.2) is 20.7 Å². The van der Waals surface area contributed by atoms with Crippen LogP contribution in [0.25, 0.3) is 11.0 Å². The van der Waals surface area contributed by atoms with E-state index in [4.69, 9.17) is 16.3 Å². The molecular weight excluding hydrogens is 354 g/mol. The minimum absolute atomic E-state index is 0.153. The lowest BCUT2D eigenvalue weighted by molar-refractivity contribution is 0.340. The third-order valence-electron chi connectivity index (χ3n) is 4.30. The van der Waals surface area contributed by atoms with Gasteiger partial charge in [0.1, 0.15) is 11.1 Å². The number of aryl methyl sites for hydroxylation is 2. The van der Waals surface area contributed by atoms with Gasteiger partial charge >= 0.3 is 5.69 Å². The van der Waals surface area contributed by atoms with Crippen molar-refractivity contribution in [2.75, 3.05) is 6.61 Å². The molecule has 0 saturated heterocycles. The lowest BCUT2D eigenvalue weighted by Crippen LogP contribution is -2.40. The van der Waals surface area contributed by atoms with E-state index in [0.29, 0.717) is 34.8 Å². The first-order valence-corrected chi connectivity index (χ1v) is 8.84. The first-order chi connectivity index (χ1) is 12.5. The molecule has 3 aromatic rings. The Morgan fingerprint density at radius 1 is 1.15 bits per heavy atom. The zero-order valence-electron chi connectivity index (χ0n) is 15.0. The van der Waals surface area contributed by atoms with E-state index >= 15 is 0 Å². The van der Waals surface area contributed by atoms with Crippen LogP contribution in [0.1, 0.15) is 25.0 Å². The highest BCUT2D eigenvalue weighted by molar-refractivity contribution is 6.30. The molecule has 0 bridgehead atoms. The molecule has 0 saturated carbocycles. The summed E-state index contributed by atoms with van der Waals surface area (Å²) >= 11 is 5.91. The van der Waals surface area contributed by atoms with Gasteiger partial charge in [-0.3, -0.25) is 13.9 Å². The van der Waals surface area contributed by atoms with Crippen molar-refractivity contribution >= 4 is 22.6 Å². The topological polar surface area (TPSA) is 66.1 Å². The number of hydrogen-bond acceptors (Lipinski definition) is 4. The summed E-state index contributed by atoms with van der Waals surface area (Å²) in [5.41, 5.74) is 1.16.